The summed E-state index contributed by atoms with van der Waals surface area (Å²) in [4.78, 5) is 12.5. The lowest BCUT2D eigenvalue weighted by Gasteiger charge is -2.34. The van der Waals surface area contributed by atoms with E-state index in [1.54, 1.807) is 12.1 Å². The highest BCUT2D eigenvalue weighted by Gasteiger charge is 2.34. The maximum atomic E-state index is 12.5. The van der Waals surface area contributed by atoms with Gasteiger partial charge in [-0.3, -0.25) is 9.10 Å². The lowest BCUT2D eigenvalue weighted by molar-refractivity contribution is -0.127. The second-order valence-electron chi connectivity index (χ2n) is 6.83. The van der Waals surface area contributed by atoms with Gasteiger partial charge < -0.3 is 14.8 Å². The molecule has 3 rings (SSSR count). The number of fused-ring (bicyclic) bond motifs is 1. The molecule has 150 valence electrons. The van der Waals surface area contributed by atoms with Crippen molar-refractivity contribution >= 4 is 21.6 Å². The number of hydrogen-bond acceptors (Lipinski definition) is 5. The fraction of sp³-hybridized carbons (Fsp3) is 0.350. The normalized spacial score (nSPS) is 16.1. The van der Waals surface area contributed by atoms with Gasteiger partial charge in [0.15, 0.2) is 6.10 Å². The van der Waals surface area contributed by atoms with Crippen molar-refractivity contribution < 1.29 is 22.7 Å². The standard InChI is InChI=1S/C20H24N2O5S/c1-14-5-4-6-16(11-14)26-10-9-21-20(23)19-13-22(28(3,24)25)17-12-15(2)7-8-18(17)27-19/h4-8,11-12,19H,9-10,13H2,1-3H3,(H,21,23)/t19-/m1/s1. The molecule has 1 atom stereocenters. The van der Waals surface area contributed by atoms with E-state index in [9.17, 15) is 13.2 Å². The number of carbonyl (C=O) groups is 1. The topological polar surface area (TPSA) is 84.9 Å². The van der Waals surface area contributed by atoms with Crippen LogP contribution in [0.4, 0.5) is 5.69 Å². The van der Waals surface area contributed by atoms with Crippen LogP contribution in [0.5, 0.6) is 11.5 Å². The van der Waals surface area contributed by atoms with Crippen molar-refractivity contribution in [2.24, 2.45) is 0 Å². The number of nitrogens with one attached hydrogen (secondary N) is 1. The van der Waals surface area contributed by atoms with Gasteiger partial charge in [0.1, 0.15) is 18.1 Å². The summed E-state index contributed by atoms with van der Waals surface area (Å²) in [5.41, 5.74) is 2.45. The molecule has 8 heteroatoms. The Labute approximate surface area is 165 Å². The van der Waals surface area contributed by atoms with Crippen molar-refractivity contribution in [1.29, 1.82) is 0 Å². The summed E-state index contributed by atoms with van der Waals surface area (Å²) in [6.07, 6.45) is 0.193. The molecule has 7 nitrogen and oxygen atoms in total. The molecule has 2 aromatic carbocycles. The Morgan fingerprint density at radius 1 is 1.21 bits per heavy atom. The molecule has 1 amide bonds. The Balaban J connectivity index is 1.62. The number of aryl methyl sites for hydroxylation is 2. The van der Waals surface area contributed by atoms with E-state index in [0.717, 1.165) is 23.1 Å². The summed E-state index contributed by atoms with van der Waals surface area (Å²) in [5, 5.41) is 2.74. The molecule has 2 aromatic rings. The van der Waals surface area contributed by atoms with Crippen LogP contribution in [0.2, 0.25) is 0 Å². The summed E-state index contributed by atoms with van der Waals surface area (Å²) in [6.45, 7) is 4.36. The number of carbonyl (C=O) groups excluding carboxylic acids is 1. The Hall–Kier alpha value is -2.74. The van der Waals surface area contributed by atoms with Gasteiger partial charge in [-0.05, 0) is 49.2 Å². The van der Waals surface area contributed by atoms with Crippen LogP contribution in [-0.2, 0) is 14.8 Å². The van der Waals surface area contributed by atoms with Gasteiger partial charge in [-0.1, -0.05) is 18.2 Å². The Morgan fingerprint density at radius 2 is 1.96 bits per heavy atom. The van der Waals surface area contributed by atoms with Crippen LogP contribution >= 0.6 is 0 Å². The minimum Gasteiger partial charge on any atom is -0.492 e. The fourth-order valence-corrected chi connectivity index (χ4v) is 3.88. The zero-order valence-electron chi connectivity index (χ0n) is 16.1. The molecule has 0 aliphatic carbocycles. The molecule has 28 heavy (non-hydrogen) atoms. The Kier molecular flexibility index (Phi) is 5.79. The second kappa shape index (κ2) is 8.10. The molecule has 0 radical (unpaired) electrons. The summed E-state index contributed by atoms with van der Waals surface area (Å²) in [7, 11) is -3.54. The van der Waals surface area contributed by atoms with E-state index in [1.165, 1.54) is 4.31 Å². The minimum absolute atomic E-state index is 0.0696. The lowest BCUT2D eigenvalue weighted by Crippen LogP contribution is -2.51. The molecule has 0 saturated heterocycles. The molecule has 0 aromatic heterocycles. The van der Waals surface area contributed by atoms with Crippen molar-refractivity contribution in [3.05, 3.63) is 53.6 Å². The SMILES string of the molecule is Cc1cccc(OCCNC(=O)[C@H]2CN(S(C)(=O)=O)c3cc(C)ccc3O2)c1. The summed E-state index contributed by atoms with van der Waals surface area (Å²) in [5.74, 6) is 0.724. The molecule has 1 aliphatic rings. The molecule has 0 bridgehead atoms. The van der Waals surface area contributed by atoms with E-state index >= 15 is 0 Å². The number of rotatable bonds is 6. The van der Waals surface area contributed by atoms with E-state index in [2.05, 4.69) is 5.32 Å². The van der Waals surface area contributed by atoms with Crippen LogP contribution in [0, 0.1) is 13.8 Å². The van der Waals surface area contributed by atoms with Crippen LogP contribution in [0.15, 0.2) is 42.5 Å². The molecule has 1 heterocycles. The van der Waals surface area contributed by atoms with E-state index in [-0.39, 0.29) is 19.0 Å². The lowest BCUT2D eigenvalue weighted by atomic mass is 10.1. The zero-order valence-corrected chi connectivity index (χ0v) is 17.0. The number of ether oxygens (including phenoxy) is 2. The molecule has 1 N–H and O–H groups in total. The smallest absolute Gasteiger partial charge is 0.263 e. The molecule has 0 saturated carbocycles. The third kappa shape index (κ3) is 4.75. The first-order valence-corrected chi connectivity index (χ1v) is 10.8. The number of anilines is 1. The van der Waals surface area contributed by atoms with Gasteiger partial charge in [0.25, 0.3) is 5.91 Å². The average molecular weight is 404 g/mol. The van der Waals surface area contributed by atoms with E-state index in [1.807, 2.05) is 44.2 Å². The quantitative estimate of drug-likeness (QED) is 0.745. The molecule has 0 fully saturated rings. The average Bonchev–Trinajstić information content (AvgIpc) is 2.63. The first-order chi connectivity index (χ1) is 13.2. The van der Waals surface area contributed by atoms with Crippen molar-refractivity contribution in [3.63, 3.8) is 0 Å². The van der Waals surface area contributed by atoms with Gasteiger partial charge in [-0.2, -0.15) is 0 Å². The highest BCUT2D eigenvalue weighted by Crippen LogP contribution is 2.35. The van der Waals surface area contributed by atoms with Crippen LogP contribution in [0.1, 0.15) is 11.1 Å². The third-order valence-corrected chi connectivity index (χ3v) is 5.48. The van der Waals surface area contributed by atoms with Crippen LogP contribution in [-0.4, -0.2) is 46.4 Å². The highest BCUT2D eigenvalue weighted by atomic mass is 32.2. The molecule has 0 spiro atoms. The number of amides is 1. The van der Waals surface area contributed by atoms with Crippen molar-refractivity contribution in [2.75, 3.05) is 30.3 Å². The number of sulfonamides is 1. The monoisotopic (exact) mass is 404 g/mol. The fourth-order valence-electron chi connectivity index (χ4n) is 2.97. The Bertz CT molecular complexity index is 974. The molecular formula is C20H24N2O5S. The number of benzene rings is 2. The first-order valence-electron chi connectivity index (χ1n) is 8.96. The van der Waals surface area contributed by atoms with Gasteiger partial charge in [0, 0.05) is 0 Å². The summed E-state index contributed by atoms with van der Waals surface area (Å²) >= 11 is 0. The van der Waals surface area contributed by atoms with Crippen molar-refractivity contribution in [1.82, 2.24) is 5.32 Å². The van der Waals surface area contributed by atoms with E-state index < -0.39 is 16.1 Å². The number of nitrogens with zero attached hydrogens (tertiary/aromatic N) is 1. The van der Waals surface area contributed by atoms with Crippen LogP contribution in [0.25, 0.3) is 0 Å². The predicted molar refractivity (Wildman–Crippen MR) is 107 cm³/mol. The zero-order chi connectivity index (χ0) is 20.3. The first kappa shape index (κ1) is 20.0. The summed E-state index contributed by atoms with van der Waals surface area (Å²) < 4.78 is 37.0. The van der Waals surface area contributed by atoms with E-state index in [0.29, 0.717) is 18.0 Å². The molecule has 0 unspecified atom stereocenters. The summed E-state index contributed by atoms with van der Waals surface area (Å²) in [6, 6.07) is 12.9. The Morgan fingerprint density at radius 3 is 2.68 bits per heavy atom. The van der Waals surface area contributed by atoms with E-state index in [4.69, 9.17) is 9.47 Å². The van der Waals surface area contributed by atoms with Gasteiger partial charge in [0.05, 0.1) is 25.0 Å². The van der Waals surface area contributed by atoms with Crippen molar-refractivity contribution in [2.45, 2.75) is 20.0 Å². The van der Waals surface area contributed by atoms with Gasteiger partial charge in [0.2, 0.25) is 10.0 Å². The number of hydrogen-bond donors (Lipinski definition) is 1. The second-order valence-corrected chi connectivity index (χ2v) is 8.73. The maximum absolute atomic E-state index is 12.5. The molecule has 1 aliphatic heterocycles. The molecular weight excluding hydrogens is 380 g/mol. The van der Waals surface area contributed by atoms with Crippen LogP contribution in [0.3, 0.4) is 0 Å². The largest absolute Gasteiger partial charge is 0.492 e. The van der Waals surface area contributed by atoms with Gasteiger partial charge >= 0.3 is 0 Å². The minimum atomic E-state index is -3.54. The highest BCUT2D eigenvalue weighted by molar-refractivity contribution is 7.92. The van der Waals surface area contributed by atoms with Crippen molar-refractivity contribution in [3.8, 4) is 11.5 Å². The predicted octanol–water partition coefficient (Wildman–Crippen LogP) is 2.03. The third-order valence-electron chi connectivity index (χ3n) is 4.34. The van der Waals surface area contributed by atoms with Crippen LogP contribution < -0.4 is 19.1 Å². The van der Waals surface area contributed by atoms with Gasteiger partial charge in [-0.15, -0.1) is 0 Å². The maximum Gasteiger partial charge on any atom is 0.263 e. The van der Waals surface area contributed by atoms with Gasteiger partial charge in [-0.25, -0.2) is 8.42 Å².